The van der Waals surface area contributed by atoms with Crippen LogP contribution in [0.2, 0.25) is 0 Å². The predicted octanol–water partition coefficient (Wildman–Crippen LogP) is 1.07. The largest absolute Gasteiger partial charge is 0.390 e. The third kappa shape index (κ3) is 4.01. The molecule has 0 radical (unpaired) electrons. The van der Waals surface area contributed by atoms with Crippen molar-refractivity contribution in [3.63, 3.8) is 0 Å². The van der Waals surface area contributed by atoms with Gasteiger partial charge in [-0.3, -0.25) is 9.78 Å². The van der Waals surface area contributed by atoms with Gasteiger partial charge in [0.1, 0.15) is 5.65 Å². The molecule has 3 aromatic heterocycles. The number of nitrogens with one attached hydrogen (secondary N) is 1. The van der Waals surface area contributed by atoms with Crippen molar-refractivity contribution in [2.24, 2.45) is 0 Å². The van der Waals surface area contributed by atoms with Crippen molar-refractivity contribution in [3.05, 3.63) is 48.4 Å². The van der Waals surface area contributed by atoms with Crippen molar-refractivity contribution in [1.29, 1.82) is 0 Å². The number of aliphatic hydroxyl groups is 1. The molecule has 0 aromatic carbocycles. The van der Waals surface area contributed by atoms with Crippen LogP contribution in [0.5, 0.6) is 0 Å². The Morgan fingerprint density at radius 1 is 1.24 bits per heavy atom. The lowest BCUT2D eigenvalue weighted by Crippen LogP contribution is -2.42. The van der Waals surface area contributed by atoms with Crippen molar-refractivity contribution < 1.29 is 18.3 Å². The Hall–Kier alpha value is -2.78. The molecule has 8 nitrogen and oxygen atoms in total. The van der Waals surface area contributed by atoms with E-state index in [1.54, 1.807) is 12.4 Å². The summed E-state index contributed by atoms with van der Waals surface area (Å²) in [6.07, 6.45) is 2.51. The maximum atomic E-state index is 12.4. The van der Waals surface area contributed by atoms with Crippen LogP contribution >= 0.6 is 0 Å². The summed E-state index contributed by atoms with van der Waals surface area (Å²) in [7, 11) is -3.31. The number of aliphatic hydroxyl groups excluding tert-OH is 1. The van der Waals surface area contributed by atoms with Gasteiger partial charge in [-0.15, -0.1) is 0 Å². The Morgan fingerprint density at radius 2 is 2.00 bits per heavy atom. The fourth-order valence-corrected chi connectivity index (χ4v) is 5.49. The first kappa shape index (κ1) is 19.5. The van der Waals surface area contributed by atoms with E-state index in [0.29, 0.717) is 6.54 Å². The molecular weight excluding hydrogens is 392 g/mol. The number of carbonyl (C=O) groups is 1. The first-order valence-electron chi connectivity index (χ1n) is 9.38. The number of amides is 1. The molecule has 1 saturated heterocycles. The fourth-order valence-electron chi connectivity index (χ4n) is 3.75. The number of hydrogen-bond donors (Lipinski definition) is 2. The Bertz CT molecular complexity index is 1170. The Kier molecular flexibility index (Phi) is 5.10. The van der Waals surface area contributed by atoms with Crippen molar-refractivity contribution in [1.82, 2.24) is 19.9 Å². The summed E-state index contributed by atoms with van der Waals surface area (Å²) < 4.78 is 25.2. The van der Waals surface area contributed by atoms with Gasteiger partial charge in [-0.05, 0) is 37.3 Å². The summed E-state index contributed by atoms with van der Waals surface area (Å²) in [5.74, 6) is -0.847. The van der Waals surface area contributed by atoms with E-state index in [9.17, 15) is 18.3 Å². The van der Waals surface area contributed by atoms with Crippen LogP contribution in [0.1, 0.15) is 12.1 Å². The molecule has 1 aliphatic rings. The van der Waals surface area contributed by atoms with Crippen molar-refractivity contribution in [2.45, 2.75) is 32.0 Å². The number of nitrogens with zero attached hydrogens (tertiary/aromatic N) is 3. The van der Waals surface area contributed by atoms with Crippen LogP contribution in [0.3, 0.4) is 0 Å². The normalized spacial score (nSPS) is 20.8. The van der Waals surface area contributed by atoms with Crippen LogP contribution in [-0.4, -0.2) is 57.6 Å². The fraction of sp³-hybridized carbons (Fsp3) is 0.350. The van der Waals surface area contributed by atoms with Crippen molar-refractivity contribution in [3.8, 4) is 11.3 Å². The van der Waals surface area contributed by atoms with E-state index < -0.39 is 22.0 Å². The molecule has 4 rings (SSSR count). The van der Waals surface area contributed by atoms with E-state index in [2.05, 4.69) is 15.3 Å². The highest BCUT2D eigenvalue weighted by atomic mass is 32.2. The summed E-state index contributed by atoms with van der Waals surface area (Å²) >= 11 is 0. The number of fused-ring (bicyclic) bond motifs is 1. The maximum Gasteiger partial charge on any atom is 0.222 e. The minimum Gasteiger partial charge on any atom is -0.390 e. The van der Waals surface area contributed by atoms with Gasteiger partial charge in [0.25, 0.3) is 0 Å². The molecule has 2 atom stereocenters. The molecule has 1 fully saturated rings. The van der Waals surface area contributed by atoms with Gasteiger partial charge in [-0.25, -0.2) is 13.4 Å². The van der Waals surface area contributed by atoms with E-state index in [-0.39, 0.29) is 23.8 Å². The SMILES string of the molecule is Cc1ncccc1-c1cc2cccnc2n1CCC(=O)NC1CS(=O)(=O)CC1O. The number of hydrogen-bond acceptors (Lipinski definition) is 6. The zero-order chi connectivity index (χ0) is 20.6. The molecule has 2 N–H and O–H groups in total. The Morgan fingerprint density at radius 3 is 2.72 bits per heavy atom. The number of aryl methyl sites for hydroxylation is 2. The molecule has 3 aromatic rings. The molecule has 152 valence electrons. The van der Waals surface area contributed by atoms with E-state index in [1.807, 2.05) is 41.8 Å². The lowest BCUT2D eigenvalue weighted by Gasteiger charge is -2.16. The van der Waals surface area contributed by atoms with Crippen LogP contribution in [-0.2, 0) is 21.2 Å². The Balaban J connectivity index is 1.57. The second-order valence-electron chi connectivity index (χ2n) is 7.30. The smallest absolute Gasteiger partial charge is 0.222 e. The average molecular weight is 414 g/mol. The first-order valence-corrected chi connectivity index (χ1v) is 11.2. The summed E-state index contributed by atoms with van der Waals surface area (Å²) in [5, 5.41) is 13.5. The molecular formula is C20H22N4O4S. The van der Waals surface area contributed by atoms with Crippen LogP contribution in [0.25, 0.3) is 22.3 Å². The van der Waals surface area contributed by atoms with Gasteiger partial charge in [0.05, 0.1) is 29.3 Å². The first-order chi connectivity index (χ1) is 13.8. The van der Waals surface area contributed by atoms with Gasteiger partial charge in [0.2, 0.25) is 5.91 Å². The molecule has 1 aliphatic heterocycles. The van der Waals surface area contributed by atoms with Gasteiger partial charge in [0.15, 0.2) is 9.84 Å². The zero-order valence-electron chi connectivity index (χ0n) is 15.9. The van der Waals surface area contributed by atoms with E-state index in [0.717, 1.165) is 28.0 Å². The zero-order valence-corrected chi connectivity index (χ0v) is 16.8. The molecule has 0 aliphatic carbocycles. The van der Waals surface area contributed by atoms with Crippen LogP contribution in [0.15, 0.2) is 42.7 Å². The highest BCUT2D eigenvalue weighted by Crippen LogP contribution is 2.29. The van der Waals surface area contributed by atoms with Crippen LogP contribution in [0.4, 0.5) is 0 Å². The number of aromatic nitrogens is 3. The number of pyridine rings is 2. The average Bonchev–Trinajstić information content (AvgIpc) is 3.16. The lowest BCUT2D eigenvalue weighted by molar-refractivity contribution is -0.122. The monoisotopic (exact) mass is 414 g/mol. The second-order valence-corrected chi connectivity index (χ2v) is 9.46. The van der Waals surface area contributed by atoms with E-state index in [4.69, 9.17) is 0 Å². The molecule has 2 unspecified atom stereocenters. The van der Waals surface area contributed by atoms with Gasteiger partial charge in [-0.2, -0.15) is 0 Å². The quantitative estimate of drug-likeness (QED) is 0.646. The van der Waals surface area contributed by atoms with Crippen LogP contribution < -0.4 is 5.32 Å². The molecule has 0 spiro atoms. The molecule has 0 bridgehead atoms. The third-order valence-electron chi connectivity index (χ3n) is 5.17. The molecule has 9 heteroatoms. The highest BCUT2D eigenvalue weighted by Gasteiger charge is 2.37. The van der Waals surface area contributed by atoms with Gasteiger partial charge >= 0.3 is 0 Å². The Labute approximate surface area is 168 Å². The summed E-state index contributed by atoms with van der Waals surface area (Å²) in [4.78, 5) is 21.3. The molecule has 0 saturated carbocycles. The van der Waals surface area contributed by atoms with Gasteiger partial charge in [0, 0.05) is 42.0 Å². The van der Waals surface area contributed by atoms with Crippen LogP contribution in [0, 0.1) is 6.92 Å². The minimum atomic E-state index is -3.31. The minimum absolute atomic E-state index is 0.135. The molecule has 4 heterocycles. The van der Waals surface area contributed by atoms with E-state index >= 15 is 0 Å². The number of carbonyl (C=O) groups excluding carboxylic acids is 1. The van der Waals surface area contributed by atoms with E-state index in [1.165, 1.54) is 0 Å². The number of sulfone groups is 1. The van der Waals surface area contributed by atoms with Gasteiger partial charge in [-0.1, -0.05) is 0 Å². The standard InChI is InChI=1S/C20H22N4O4S/c1-13-15(5-3-7-21-13)17-10-14-4-2-8-22-20(14)24(17)9-6-19(26)23-16-11-29(27,28)12-18(16)25/h2-5,7-8,10,16,18,25H,6,9,11-12H2,1H3,(H,23,26). The summed E-state index contributed by atoms with van der Waals surface area (Å²) in [6.45, 7) is 2.30. The molecule has 29 heavy (non-hydrogen) atoms. The number of rotatable bonds is 5. The maximum absolute atomic E-state index is 12.4. The highest BCUT2D eigenvalue weighted by molar-refractivity contribution is 7.91. The van der Waals surface area contributed by atoms with Crippen molar-refractivity contribution >= 4 is 26.8 Å². The van der Waals surface area contributed by atoms with Gasteiger partial charge < -0.3 is 15.0 Å². The molecule has 1 amide bonds. The third-order valence-corrected chi connectivity index (χ3v) is 6.89. The topological polar surface area (TPSA) is 114 Å². The van der Waals surface area contributed by atoms with Crippen molar-refractivity contribution in [2.75, 3.05) is 11.5 Å². The second kappa shape index (κ2) is 7.57. The summed E-state index contributed by atoms with van der Waals surface area (Å²) in [6, 6.07) is 8.94. The lowest BCUT2D eigenvalue weighted by atomic mass is 10.1. The summed E-state index contributed by atoms with van der Waals surface area (Å²) in [5.41, 5.74) is 3.52. The predicted molar refractivity (Wildman–Crippen MR) is 109 cm³/mol.